The lowest BCUT2D eigenvalue weighted by Gasteiger charge is -2.35. The number of amides is 1. The van der Waals surface area contributed by atoms with Gasteiger partial charge in [0, 0.05) is 35.3 Å². The zero-order valence-corrected chi connectivity index (χ0v) is 20.4. The number of hydrogen-bond acceptors (Lipinski definition) is 5. The van der Waals surface area contributed by atoms with Crippen LogP contribution in [-0.2, 0) is 20.6 Å². The lowest BCUT2D eigenvalue weighted by molar-refractivity contribution is 0.0544. The summed E-state index contributed by atoms with van der Waals surface area (Å²) in [5, 5.41) is 1.80. The Balaban J connectivity index is 1.57. The Labute approximate surface area is 204 Å². The summed E-state index contributed by atoms with van der Waals surface area (Å²) in [7, 11) is 1.65. The Bertz CT molecular complexity index is 1100. The van der Waals surface area contributed by atoms with Crippen LogP contribution in [0.3, 0.4) is 0 Å². The molecule has 0 bridgehead atoms. The van der Waals surface area contributed by atoms with Crippen LogP contribution in [-0.4, -0.2) is 62.7 Å². The summed E-state index contributed by atoms with van der Waals surface area (Å²) in [5.74, 6) is 0.749. The zero-order chi connectivity index (χ0) is 23.9. The van der Waals surface area contributed by atoms with E-state index in [1.54, 1.807) is 12.0 Å². The van der Waals surface area contributed by atoms with Gasteiger partial charge in [-0.15, -0.1) is 0 Å². The van der Waals surface area contributed by atoms with Gasteiger partial charge in [0.2, 0.25) is 0 Å². The maximum atomic E-state index is 13.0. The van der Waals surface area contributed by atoms with E-state index >= 15 is 0 Å². The van der Waals surface area contributed by atoms with Gasteiger partial charge in [0.1, 0.15) is 18.4 Å². The molecule has 1 aromatic heterocycles. The summed E-state index contributed by atoms with van der Waals surface area (Å²) in [6.45, 7) is 5.01. The lowest BCUT2D eigenvalue weighted by Crippen LogP contribution is -2.41. The number of benzene rings is 2. The summed E-state index contributed by atoms with van der Waals surface area (Å²) >= 11 is 6.27. The van der Waals surface area contributed by atoms with Crippen LogP contribution in [0.15, 0.2) is 42.5 Å². The van der Waals surface area contributed by atoms with E-state index in [2.05, 4.69) is 4.98 Å². The second-order valence-electron chi connectivity index (χ2n) is 8.19. The number of carbonyl (C=O) groups excluding carboxylic acids is 1. The van der Waals surface area contributed by atoms with E-state index in [1.807, 2.05) is 49.4 Å². The van der Waals surface area contributed by atoms with E-state index in [4.69, 9.17) is 30.5 Å². The van der Waals surface area contributed by atoms with Gasteiger partial charge >= 0.3 is 6.09 Å². The van der Waals surface area contributed by atoms with Gasteiger partial charge in [-0.1, -0.05) is 30.7 Å². The molecule has 0 aliphatic carbocycles. The number of ether oxygens (including phenoxy) is 4. The van der Waals surface area contributed by atoms with Gasteiger partial charge in [0.15, 0.2) is 0 Å². The molecule has 8 heteroatoms. The fourth-order valence-corrected chi connectivity index (χ4v) is 4.46. The number of nitrogens with zero attached hydrogens (tertiary/aromatic N) is 1. The first kappa shape index (κ1) is 24.4. The predicted octanol–water partition coefficient (Wildman–Crippen LogP) is 5.36. The van der Waals surface area contributed by atoms with E-state index in [9.17, 15) is 4.79 Å². The van der Waals surface area contributed by atoms with Crippen molar-refractivity contribution in [3.63, 3.8) is 0 Å². The van der Waals surface area contributed by atoms with Gasteiger partial charge in [0.25, 0.3) is 0 Å². The molecule has 0 radical (unpaired) electrons. The topological polar surface area (TPSA) is 73.0 Å². The number of halogens is 1. The predicted molar refractivity (Wildman–Crippen MR) is 132 cm³/mol. The standard InChI is InChI=1S/C26H31ClN2O5/c1-3-12-34-26(30)29-11-10-21-22-17-19(27)6-9-23(22)28-24(21)25(29)18-4-7-20(8-5-18)33-16-15-32-14-13-31-2/h4-9,17,25,28H,3,10-16H2,1-2H3. The first-order chi connectivity index (χ1) is 16.6. The molecule has 4 rings (SSSR count). The van der Waals surface area contributed by atoms with Crippen molar-refractivity contribution >= 4 is 28.6 Å². The summed E-state index contributed by atoms with van der Waals surface area (Å²) < 4.78 is 21.7. The molecular formula is C26H31ClN2O5. The minimum absolute atomic E-state index is 0.286. The Morgan fingerprint density at radius 2 is 1.88 bits per heavy atom. The third-order valence-corrected chi connectivity index (χ3v) is 6.11. The van der Waals surface area contributed by atoms with Crippen LogP contribution in [0.4, 0.5) is 4.79 Å². The van der Waals surface area contributed by atoms with Crippen molar-refractivity contribution in [3.8, 4) is 5.75 Å². The second kappa shape index (κ2) is 11.6. The smallest absolute Gasteiger partial charge is 0.410 e. The normalized spacial score (nSPS) is 15.4. The molecule has 1 aliphatic heterocycles. The summed E-state index contributed by atoms with van der Waals surface area (Å²) in [5.41, 5.74) is 4.18. The molecule has 1 aliphatic rings. The number of rotatable bonds is 10. The average Bonchev–Trinajstić information content (AvgIpc) is 3.22. The highest BCUT2D eigenvalue weighted by Crippen LogP contribution is 2.39. The minimum Gasteiger partial charge on any atom is -0.491 e. The van der Waals surface area contributed by atoms with Gasteiger partial charge in [-0.25, -0.2) is 4.79 Å². The zero-order valence-electron chi connectivity index (χ0n) is 19.6. The number of nitrogens with one attached hydrogen (secondary N) is 1. The third-order valence-electron chi connectivity index (χ3n) is 5.88. The first-order valence-corrected chi connectivity index (χ1v) is 12.0. The van der Waals surface area contributed by atoms with Crippen molar-refractivity contribution in [1.82, 2.24) is 9.88 Å². The number of hydrogen-bond donors (Lipinski definition) is 1. The summed E-state index contributed by atoms with van der Waals surface area (Å²) in [4.78, 5) is 18.3. The fraction of sp³-hybridized carbons (Fsp3) is 0.423. The molecule has 1 N–H and O–H groups in total. The second-order valence-corrected chi connectivity index (χ2v) is 8.63. The van der Waals surface area contributed by atoms with Crippen molar-refractivity contribution in [2.75, 3.05) is 46.7 Å². The monoisotopic (exact) mass is 486 g/mol. The van der Waals surface area contributed by atoms with Crippen molar-refractivity contribution in [3.05, 3.63) is 64.3 Å². The molecule has 0 spiro atoms. The Morgan fingerprint density at radius 3 is 2.65 bits per heavy atom. The van der Waals surface area contributed by atoms with Crippen molar-refractivity contribution in [1.29, 1.82) is 0 Å². The van der Waals surface area contributed by atoms with Gasteiger partial charge in [0.05, 0.1) is 26.4 Å². The summed E-state index contributed by atoms with van der Waals surface area (Å²) in [6.07, 6.45) is 1.21. The van der Waals surface area contributed by atoms with Crippen molar-refractivity contribution in [2.24, 2.45) is 0 Å². The minimum atomic E-state index is -0.303. The molecule has 0 saturated carbocycles. The highest BCUT2D eigenvalue weighted by molar-refractivity contribution is 6.31. The average molecular weight is 487 g/mol. The van der Waals surface area contributed by atoms with E-state index < -0.39 is 0 Å². The van der Waals surface area contributed by atoms with Crippen LogP contribution < -0.4 is 4.74 Å². The van der Waals surface area contributed by atoms with E-state index in [-0.39, 0.29) is 12.1 Å². The molecule has 1 atom stereocenters. The van der Waals surface area contributed by atoms with E-state index in [0.29, 0.717) is 44.6 Å². The van der Waals surface area contributed by atoms with Gasteiger partial charge in [-0.2, -0.15) is 0 Å². The molecule has 1 unspecified atom stereocenters. The number of methoxy groups -OCH3 is 1. The molecule has 3 aromatic rings. The number of aromatic amines is 1. The van der Waals surface area contributed by atoms with Crippen LogP contribution in [0.2, 0.25) is 5.02 Å². The van der Waals surface area contributed by atoms with Crippen LogP contribution in [0.25, 0.3) is 10.9 Å². The number of fused-ring (bicyclic) bond motifs is 3. The molecule has 1 amide bonds. The SMILES string of the molecule is CCCOC(=O)N1CCc2c([nH]c3ccc(Cl)cc23)C1c1ccc(OCCOCCOC)cc1. The molecule has 182 valence electrons. The maximum Gasteiger partial charge on any atom is 0.410 e. The van der Waals surface area contributed by atoms with Crippen molar-refractivity contribution in [2.45, 2.75) is 25.8 Å². The number of aromatic nitrogens is 1. The quantitative estimate of drug-likeness (QED) is 0.391. The largest absolute Gasteiger partial charge is 0.491 e. The van der Waals surface area contributed by atoms with Gasteiger partial charge in [-0.05, 0) is 54.3 Å². The number of H-pyrrole nitrogens is 1. The van der Waals surface area contributed by atoms with E-state index in [0.717, 1.165) is 40.8 Å². The highest BCUT2D eigenvalue weighted by Gasteiger charge is 2.35. The van der Waals surface area contributed by atoms with E-state index in [1.165, 1.54) is 5.56 Å². The Hall–Kier alpha value is -2.74. The molecule has 2 heterocycles. The molecule has 7 nitrogen and oxygen atoms in total. The van der Waals surface area contributed by atoms with Crippen LogP contribution in [0.5, 0.6) is 5.75 Å². The van der Waals surface area contributed by atoms with Gasteiger partial charge < -0.3 is 23.9 Å². The molecule has 0 fully saturated rings. The van der Waals surface area contributed by atoms with Crippen molar-refractivity contribution < 1.29 is 23.7 Å². The first-order valence-electron chi connectivity index (χ1n) is 11.6. The van der Waals surface area contributed by atoms with Gasteiger partial charge in [-0.3, -0.25) is 4.90 Å². The molecule has 34 heavy (non-hydrogen) atoms. The Kier molecular flexibility index (Phi) is 8.32. The Morgan fingerprint density at radius 1 is 1.09 bits per heavy atom. The molecule has 2 aromatic carbocycles. The van der Waals surface area contributed by atoms with Crippen LogP contribution >= 0.6 is 11.6 Å². The van der Waals surface area contributed by atoms with Crippen LogP contribution in [0, 0.1) is 0 Å². The lowest BCUT2D eigenvalue weighted by atomic mass is 9.92. The molecular weight excluding hydrogens is 456 g/mol. The fourth-order valence-electron chi connectivity index (χ4n) is 4.29. The summed E-state index contributed by atoms with van der Waals surface area (Å²) in [6, 6.07) is 13.4. The van der Waals surface area contributed by atoms with Crippen LogP contribution in [0.1, 0.15) is 36.2 Å². The maximum absolute atomic E-state index is 13.0. The highest BCUT2D eigenvalue weighted by atomic mass is 35.5. The molecule has 0 saturated heterocycles. The third kappa shape index (κ3) is 5.49. The number of carbonyl (C=O) groups is 1.